The van der Waals surface area contributed by atoms with Crippen LogP contribution in [0.15, 0.2) is 18.2 Å². The molecule has 4 heteroatoms. The molecule has 1 rings (SSSR count). The van der Waals surface area contributed by atoms with Gasteiger partial charge in [0.2, 0.25) is 0 Å². The highest BCUT2D eigenvalue weighted by molar-refractivity contribution is 5.29. The molecule has 0 spiro atoms. The van der Waals surface area contributed by atoms with E-state index in [0.29, 0.717) is 5.56 Å². The maximum Gasteiger partial charge on any atom is 0.419 e. The second-order valence-electron chi connectivity index (χ2n) is 4.88. The fourth-order valence-electron chi connectivity index (χ4n) is 2.19. The van der Waals surface area contributed by atoms with Gasteiger partial charge in [-0.15, -0.1) is 0 Å². The molecule has 1 aromatic rings. The van der Waals surface area contributed by atoms with Gasteiger partial charge in [-0.25, -0.2) is 4.39 Å². The van der Waals surface area contributed by atoms with Gasteiger partial charge in [-0.2, -0.15) is 13.2 Å². The quantitative estimate of drug-likeness (QED) is 0.639. The minimum absolute atomic E-state index is 0.104. The van der Waals surface area contributed by atoms with Crippen LogP contribution < -0.4 is 0 Å². The van der Waals surface area contributed by atoms with Crippen molar-refractivity contribution in [3.63, 3.8) is 0 Å². The molecule has 0 aliphatic rings. The van der Waals surface area contributed by atoms with Crippen molar-refractivity contribution in [2.45, 2.75) is 45.7 Å². The third-order valence-corrected chi connectivity index (χ3v) is 3.13. The number of rotatable bonds is 4. The molecule has 0 nitrogen and oxygen atoms in total. The first-order valence-corrected chi connectivity index (χ1v) is 6.14. The topological polar surface area (TPSA) is 0 Å². The molecule has 0 amide bonds. The van der Waals surface area contributed by atoms with Crippen molar-refractivity contribution >= 4 is 0 Å². The maximum atomic E-state index is 13.5. The lowest BCUT2D eigenvalue weighted by atomic mass is 9.84. The van der Waals surface area contributed by atoms with E-state index in [2.05, 4.69) is 0 Å². The summed E-state index contributed by atoms with van der Waals surface area (Å²) in [5.41, 5.74) is -0.539. The number of hydrogen-bond donors (Lipinski definition) is 0. The van der Waals surface area contributed by atoms with E-state index in [1.54, 1.807) is 0 Å². The Bertz CT molecular complexity index is 393. The Kier molecular flexibility index (Phi) is 4.77. The van der Waals surface area contributed by atoms with Gasteiger partial charge >= 0.3 is 6.18 Å². The monoisotopic (exact) mass is 262 g/mol. The zero-order valence-corrected chi connectivity index (χ0v) is 10.8. The van der Waals surface area contributed by atoms with Crippen LogP contribution in [-0.2, 0) is 6.18 Å². The number of halogens is 4. The first-order valence-electron chi connectivity index (χ1n) is 6.14. The number of alkyl halides is 3. The van der Waals surface area contributed by atoms with E-state index in [0.717, 1.165) is 25.0 Å². The third kappa shape index (κ3) is 3.47. The molecule has 0 saturated carbocycles. The predicted molar refractivity (Wildman–Crippen MR) is 63.9 cm³/mol. The Labute approximate surface area is 105 Å². The highest BCUT2D eigenvalue weighted by atomic mass is 19.4. The SMILES string of the molecule is CCCC(c1ccc(C(F)(F)F)c(F)c1)C(C)C. The van der Waals surface area contributed by atoms with Crippen LogP contribution >= 0.6 is 0 Å². The third-order valence-electron chi connectivity index (χ3n) is 3.13. The van der Waals surface area contributed by atoms with Gasteiger partial charge in [0.15, 0.2) is 0 Å². The maximum absolute atomic E-state index is 13.5. The normalized spacial score (nSPS) is 14.0. The molecule has 18 heavy (non-hydrogen) atoms. The van der Waals surface area contributed by atoms with Crippen LogP contribution in [0.2, 0.25) is 0 Å². The molecule has 1 aromatic carbocycles. The molecule has 0 bridgehead atoms. The Morgan fingerprint density at radius 2 is 1.78 bits per heavy atom. The summed E-state index contributed by atoms with van der Waals surface area (Å²) in [7, 11) is 0. The molecule has 102 valence electrons. The summed E-state index contributed by atoms with van der Waals surface area (Å²) in [4.78, 5) is 0. The lowest BCUT2D eigenvalue weighted by Crippen LogP contribution is -2.11. The van der Waals surface area contributed by atoms with Crippen LogP contribution in [-0.4, -0.2) is 0 Å². The summed E-state index contributed by atoms with van der Waals surface area (Å²) >= 11 is 0. The summed E-state index contributed by atoms with van der Waals surface area (Å²) < 4.78 is 50.8. The minimum Gasteiger partial charge on any atom is -0.206 e. The van der Waals surface area contributed by atoms with Gasteiger partial charge in [0, 0.05) is 0 Å². The van der Waals surface area contributed by atoms with Crippen LogP contribution in [0, 0.1) is 11.7 Å². The molecule has 1 unspecified atom stereocenters. The fourth-order valence-corrected chi connectivity index (χ4v) is 2.19. The van der Waals surface area contributed by atoms with Gasteiger partial charge in [0.25, 0.3) is 0 Å². The second kappa shape index (κ2) is 5.72. The summed E-state index contributed by atoms with van der Waals surface area (Å²) in [6.07, 6.45) is -2.85. The van der Waals surface area contributed by atoms with Crippen molar-refractivity contribution in [3.05, 3.63) is 35.1 Å². The zero-order valence-electron chi connectivity index (χ0n) is 10.8. The minimum atomic E-state index is -4.62. The molecular weight excluding hydrogens is 244 g/mol. The predicted octanol–water partition coefficient (Wildman–Crippen LogP) is 5.38. The number of benzene rings is 1. The molecule has 0 N–H and O–H groups in total. The van der Waals surface area contributed by atoms with Gasteiger partial charge in [0.05, 0.1) is 5.56 Å². The average molecular weight is 262 g/mol. The highest BCUT2D eigenvalue weighted by Gasteiger charge is 2.34. The van der Waals surface area contributed by atoms with Crippen molar-refractivity contribution in [1.29, 1.82) is 0 Å². The van der Waals surface area contributed by atoms with E-state index in [4.69, 9.17) is 0 Å². The first kappa shape index (κ1) is 15.0. The summed E-state index contributed by atoms with van der Waals surface area (Å²) in [6.45, 7) is 6.00. The van der Waals surface area contributed by atoms with Crippen LogP contribution in [0.1, 0.15) is 50.7 Å². The van der Waals surface area contributed by atoms with Crippen LogP contribution in [0.3, 0.4) is 0 Å². The lowest BCUT2D eigenvalue weighted by molar-refractivity contribution is -0.140. The van der Waals surface area contributed by atoms with Crippen molar-refractivity contribution in [3.8, 4) is 0 Å². The Hall–Kier alpha value is -1.06. The van der Waals surface area contributed by atoms with E-state index < -0.39 is 17.6 Å². The van der Waals surface area contributed by atoms with E-state index in [-0.39, 0.29) is 11.8 Å². The Morgan fingerprint density at radius 1 is 1.17 bits per heavy atom. The van der Waals surface area contributed by atoms with E-state index >= 15 is 0 Å². The lowest BCUT2D eigenvalue weighted by Gasteiger charge is -2.21. The van der Waals surface area contributed by atoms with Gasteiger partial charge in [-0.1, -0.05) is 33.3 Å². The van der Waals surface area contributed by atoms with Crippen molar-refractivity contribution in [2.24, 2.45) is 5.92 Å². The highest BCUT2D eigenvalue weighted by Crippen LogP contribution is 2.35. The van der Waals surface area contributed by atoms with Crippen molar-refractivity contribution in [2.75, 3.05) is 0 Å². The fraction of sp³-hybridized carbons (Fsp3) is 0.571. The van der Waals surface area contributed by atoms with Gasteiger partial charge in [0.1, 0.15) is 5.82 Å². The van der Waals surface area contributed by atoms with Crippen molar-refractivity contribution < 1.29 is 17.6 Å². The molecule has 0 radical (unpaired) electrons. The molecule has 0 aliphatic carbocycles. The largest absolute Gasteiger partial charge is 0.419 e. The summed E-state index contributed by atoms with van der Waals surface area (Å²) in [5.74, 6) is -0.797. The smallest absolute Gasteiger partial charge is 0.206 e. The van der Waals surface area contributed by atoms with Gasteiger partial charge < -0.3 is 0 Å². The van der Waals surface area contributed by atoms with Crippen LogP contribution in [0.5, 0.6) is 0 Å². The van der Waals surface area contributed by atoms with E-state index in [9.17, 15) is 17.6 Å². The standard InChI is InChI=1S/C14H18F4/c1-4-5-11(9(2)3)10-6-7-12(13(15)8-10)14(16,17)18/h6-9,11H,4-5H2,1-3H3. The van der Waals surface area contributed by atoms with Crippen LogP contribution in [0.4, 0.5) is 17.6 Å². The molecule has 0 aliphatic heterocycles. The Balaban J connectivity index is 3.09. The zero-order chi connectivity index (χ0) is 13.9. The molecule has 0 saturated heterocycles. The molecule has 0 aromatic heterocycles. The molecule has 0 heterocycles. The average Bonchev–Trinajstić information content (AvgIpc) is 2.23. The molecular formula is C14H18F4. The van der Waals surface area contributed by atoms with E-state index in [1.807, 2.05) is 20.8 Å². The van der Waals surface area contributed by atoms with Gasteiger partial charge in [-0.05, 0) is 36.0 Å². The Morgan fingerprint density at radius 3 is 2.17 bits per heavy atom. The second-order valence-corrected chi connectivity index (χ2v) is 4.88. The number of hydrogen-bond acceptors (Lipinski definition) is 0. The van der Waals surface area contributed by atoms with E-state index in [1.165, 1.54) is 6.07 Å². The van der Waals surface area contributed by atoms with Crippen molar-refractivity contribution in [1.82, 2.24) is 0 Å². The summed E-state index contributed by atoms with van der Waals surface area (Å²) in [6, 6.07) is 3.27. The summed E-state index contributed by atoms with van der Waals surface area (Å²) in [5, 5.41) is 0. The van der Waals surface area contributed by atoms with Crippen LogP contribution in [0.25, 0.3) is 0 Å². The first-order chi connectivity index (χ1) is 8.27. The molecule has 1 atom stereocenters. The van der Waals surface area contributed by atoms with Gasteiger partial charge in [-0.3, -0.25) is 0 Å². The molecule has 0 fully saturated rings.